The minimum absolute atomic E-state index is 0.107. The molecule has 0 spiro atoms. The molecule has 0 unspecified atom stereocenters. The Bertz CT molecular complexity index is 872. The molecule has 138 valence electrons. The first-order valence-corrected chi connectivity index (χ1v) is 9.00. The smallest absolute Gasteiger partial charge is 0.375 e. The number of carbonyl (C=O) groups is 2. The van der Waals surface area contributed by atoms with E-state index in [4.69, 9.17) is 9.15 Å². The molecule has 6 heteroatoms. The van der Waals surface area contributed by atoms with E-state index in [0.29, 0.717) is 16.9 Å². The quantitative estimate of drug-likeness (QED) is 0.850. The summed E-state index contributed by atoms with van der Waals surface area (Å²) in [6, 6.07) is 7.86. The largest absolute Gasteiger partial charge is 0.449 e. The summed E-state index contributed by atoms with van der Waals surface area (Å²) in [5, 5.41) is 3.35. The number of hydrogen-bond acceptors (Lipinski definition) is 5. The van der Waals surface area contributed by atoms with Crippen LogP contribution in [0.3, 0.4) is 0 Å². The molecule has 0 bridgehead atoms. The summed E-state index contributed by atoms with van der Waals surface area (Å²) in [5.41, 5.74) is -0.0213. The third-order valence-corrected chi connectivity index (χ3v) is 4.93. The van der Waals surface area contributed by atoms with Gasteiger partial charge < -0.3 is 14.5 Å². The van der Waals surface area contributed by atoms with Crippen LogP contribution in [0.15, 0.2) is 39.5 Å². The molecular weight excluding hydrogens is 334 g/mol. The molecule has 0 radical (unpaired) electrons. The topological polar surface area (TPSA) is 85.6 Å². The van der Waals surface area contributed by atoms with Gasteiger partial charge in [0.25, 0.3) is 5.91 Å². The summed E-state index contributed by atoms with van der Waals surface area (Å²) in [4.78, 5) is 36.7. The number of rotatable bonds is 4. The summed E-state index contributed by atoms with van der Waals surface area (Å²) in [7, 11) is 0. The third-order valence-electron chi connectivity index (χ3n) is 4.93. The first-order valence-electron chi connectivity index (χ1n) is 9.00. The molecule has 3 atom stereocenters. The SMILES string of the molecule is C[C@@H](OC(=O)c1cc(=O)c2ccccc2o1)C(=O)N[C@@H]1CCCC[C@@H]1C. The molecule has 3 rings (SSSR count). The molecule has 1 aliphatic rings. The van der Waals surface area contributed by atoms with Crippen molar-refractivity contribution in [3.63, 3.8) is 0 Å². The maximum Gasteiger partial charge on any atom is 0.375 e. The van der Waals surface area contributed by atoms with Crippen LogP contribution in [0, 0.1) is 5.92 Å². The Morgan fingerprint density at radius 3 is 2.73 bits per heavy atom. The van der Waals surface area contributed by atoms with Crippen molar-refractivity contribution in [2.24, 2.45) is 5.92 Å². The van der Waals surface area contributed by atoms with Crippen LogP contribution in [0.25, 0.3) is 11.0 Å². The average Bonchev–Trinajstić information content (AvgIpc) is 2.63. The van der Waals surface area contributed by atoms with E-state index >= 15 is 0 Å². The highest BCUT2D eigenvalue weighted by Gasteiger charge is 2.27. The van der Waals surface area contributed by atoms with E-state index in [1.54, 1.807) is 24.3 Å². The van der Waals surface area contributed by atoms with E-state index in [0.717, 1.165) is 25.3 Å². The van der Waals surface area contributed by atoms with Crippen LogP contribution in [0.2, 0.25) is 0 Å². The van der Waals surface area contributed by atoms with Crippen LogP contribution in [-0.4, -0.2) is 24.0 Å². The number of hydrogen-bond donors (Lipinski definition) is 1. The minimum Gasteiger partial charge on any atom is -0.449 e. The summed E-state index contributed by atoms with van der Waals surface area (Å²) < 4.78 is 10.6. The van der Waals surface area contributed by atoms with Gasteiger partial charge in [-0.05, 0) is 37.8 Å². The number of benzene rings is 1. The van der Waals surface area contributed by atoms with Crippen molar-refractivity contribution < 1.29 is 18.7 Å². The lowest BCUT2D eigenvalue weighted by atomic mass is 9.86. The Hall–Kier alpha value is -2.63. The van der Waals surface area contributed by atoms with Crippen molar-refractivity contribution in [3.8, 4) is 0 Å². The number of nitrogens with one attached hydrogen (secondary N) is 1. The van der Waals surface area contributed by atoms with Gasteiger partial charge in [-0.15, -0.1) is 0 Å². The fourth-order valence-electron chi connectivity index (χ4n) is 3.31. The van der Waals surface area contributed by atoms with Crippen molar-refractivity contribution in [1.82, 2.24) is 5.32 Å². The van der Waals surface area contributed by atoms with Crippen LogP contribution >= 0.6 is 0 Å². The van der Waals surface area contributed by atoms with Crippen molar-refractivity contribution in [1.29, 1.82) is 0 Å². The molecule has 1 aromatic heterocycles. The van der Waals surface area contributed by atoms with Gasteiger partial charge in [0.2, 0.25) is 5.76 Å². The molecule has 1 fully saturated rings. The van der Waals surface area contributed by atoms with Crippen LogP contribution in [0.5, 0.6) is 0 Å². The molecule has 2 aromatic rings. The molecule has 0 saturated heterocycles. The fourth-order valence-corrected chi connectivity index (χ4v) is 3.31. The number of amides is 1. The van der Waals surface area contributed by atoms with E-state index in [1.165, 1.54) is 13.3 Å². The van der Waals surface area contributed by atoms with E-state index < -0.39 is 12.1 Å². The lowest BCUT2D eigenvalue weighted by molar-refractivity contribution is -0.130. The second-order valence-corrected chi connectivity index (χ2v) is 6.90. The van der Waals surface area contributed by atoms with Crippen LogP contribution < -0.4 is 10.7 Å². The highest BCUT2D eigenvalue weighted by atomic mass is 16.6. The number of carbonyl (C=O) groups excluding carboxylic acids is 2. The summed E-state index contributed by atoms with van der Waals surface area (Å²) >= 11 is 0. The zero-order valence-electron chi connectivity index (χ0n) is 15.0. The van der Waals surface area contributed by atoms with Crippen molar-refractivity contribution >= 4 is 22.8 Å². The van der Waals surface area contributed by atoms with Crippen molar-refractivity contribution in [3.05, 3.63) is 46.3 Å². The Morgan fingerprint density at radius 1 is 1.23 bits per heavy atom. The van der Waals surface area contributed by atoms with E-state index in [2.05, 4.69) is 12.2 Å². The maximum absolute atomic E-state index is 12.3. The predicted octanol–water partition coefficient (Wildman–Crippen LogP) is 3.03. The molecule has 26 heavy (non-hydrogen) atoms. The molecule has 1 saturated carbocycles. The van der Waals surface area contributed by atoms with Gasteiger partial charge in [0.1, 0.15) is 5.58 Å². The van der Waals surface area contributed by atoms with Gasteiger partial charge >= 0.3 is 5.97 Å². The minimum atomic E-state index is -0.964. The third kappa shape index (κ3) is 3.95. The number of para-hydroxylation sites is 1. The van der Waals surface area contributed by atoms with Crippen LogP contribution in [0.4, 0.5) is 0 Å². The summed E-state index contributed by atoms with van der Waals surface area (Å²) in [6.07, 6.45) is 3.33. The normalized spacial score (nSPS) is 21.2. The Morgan fingerprint density at radius 2 is 1.96 bits per heavy atom. The Balaban J connectivity index is 1.67. The summed E-state index contributed by atoms with van der Waals surface area (Å²) in [6.45, 7) is 3.63. The standard InChI is InChI=1S/C20H23NO5/c1-12-7-3-5-9-15(12)21-19(23)13(2)25-20(24)18-11-16(22)14-8-4-6-10-17(14)26-18/h4,6,8,10-13,15H,3,5,7,9H2,1-2H3,(H,21,23)/t12-,13+,15+/m0/s1. The number of fused-ring (bicyclic) bond motifs is 1. The van der Waals surface area contributed by atoms with Gasteiger partial charge in [0.15, 0.2) is 11.5 Å². The molecule has 1 heterocycles. The summed E-state index contributed by atoms with van der Waals surface area (Å²) in [5.74, 6) is -0.957. The second-order valence-electron chi connectivity index (χ2n) is 6.90. The zero-order chi connectivity index (χ0) is 18.7. The lowest BCUT2D eigenvalue weighted by Gasteiger charge is -2.30. The Labute approximate surface area is 151 Å². The van der Waals surface area contributed by atoms with Crippen molar-refractivity contribution in [2.75, 3.05) is 0 Å². The van der Waals surface area contributed by atoms with Gasteiger partial charge in [0.05, 0.1) is 5.39 Å². The fraction of sp³-hybridized carbons (Fsp3) is 0.450. The highest BCUT2D eigenvalue weighted by molar-refractivity contribution is 5.91. The molecule has 1 amide bonds. The first kappa shape index (κ1) is 18.2. The Kier molecular flexibility index (Phi) is 5.40. The zero-order valence-corrected chi connectivity index (χ0v) is 15.0. The van der Waals surface area contributed by atoms with Gasteiger partial charge in [-0.25, -0.2) is 4.79 Å². The lowest BCUT2D eigenvalue weighted by Crippen LogP contribution is -2.46. The average molecular weight is 357 g/mol. The maximum atomic E-state index is 12.3. The van der Waals surface area contributed by atoms with E-state index in [9.17, 15) is 14.4 Å². The van der Waals surface area contributed by atoms with Crippen LogP contribution in [-0.2, 0) is 9.53 Å². The van der Waals surface area contributed by atoms with E-state index in [1.807, 2.05) is 0 Å². The molecule has 6 nitrogen and oxygen atoms in total. The van der Waals surface area contributed by atoms with Gasteiger partial charge in [-0.3, -0.25) is 9.59 Å². The van der Waals surface area contributed by atoms with Gasteiger partial charge in [0, 0.05) is 12.1 Å². The van der Waals surface area contributed by atoms with Crippen molar-refractivity contribution in [2.45, 2.75) is 51.7 Å². The monoisotopic (exact) mass is 357 g/mol. The second kappa shape index (κ2) is 7.72. The van der Waals surface area contributed by atoms with Gasteiger partial charge in [-0.2, -0.15) is 0 Å². The van der Waals surface area contributed by atoms with Gasteiger partial charge in [-0.1, -0.05) is 31.9 Å². The molecule has 0 aliphatic heterocycles. The first-order chi connectivity index (χ1) is 12.5. The number of esters is 1. The molecule has 1 aliphatic carbocycles. The molecule has 1 aromatic carbocycles. The molecule has 1 N–H and O–H groups in total. The number of ether oxygens (including phenoxy) is 1. The predicted molar refractivity (Wildman–Crippen MR) is 96.9 cm³/mol. The highest BCUT2D eigenvalue weighted by Crippen LogP contribution is 2.23. The molecular formula is C20H23NO5. The van der Waals surface area contributed by atoms with E-state index in [-0.39, 0.29) is 23.1 Å². The van der Waals surface area contributed by atoms with Crippen LogP contribution in [0.1, 0.15) is 50.1 Å².